The van der Waals surface area contributed by atoms with Crippen LogP contribution in [0.3, 0.4) is 0 Å². The number of rotatable bonds is 5. The summed E-state index contributed by atoms with van der Waals surface area (Å²) in [6, 6.07) is 13.1. The number of nitrogens with two attached hydrogens (primary N) is 1. The average Bonchev–Trinajstić information content (AvgIpc) is 2.49. The van der Waals surface area contributed by atoms with E-state index in [2.05, 4.69) is 5.32 Å². The van der Waals surface area contributed by atoms with Crippen molar-refractivity contribution in [3.05, 3.63) is 53.6 Å². The first-order valence-electron chi connectivity index (χ1n) is 7.40. The summed E-state index contributed by atoms with van der Waals surface area (Å²) >= 11 is 0. The average molecular weight is 298 g/mol. The lowest BCUT2D eigenvalue weighted by Gasteiger charge is -2.18. The van der Waals surface area contributed by atoms with Gasteiger partial charge in [-0.1, -0.05) is 25.1 Å². The van der Waals surface area contributed by atoms with Crippen molar-refractivity contribution in [2.75, 3.05) is 11.1 Å². The molecule has 0 saturated heterocycles. The highest BCUT2D eigenvalue weighted by atomic mass is 16.5. The number of benzene rings is 2. The lowest BCUT2D eigenvalue weighted by molar-refractivity contribution is -0.122. The third-order valence-corrected chi connectivity index (χ3v) is 3.56. The summed E-state index contributed by atoms with van der Waals surface area (Å²) in [6.07, 6.45) is 0.0452. The minimum Gasteiger partial charge on any atom is -0.481 e. The molecule has 1 atom stereocenters. The molecule has 0 aliphatic rings. The van der Waals surface area contributed by atoms with Crippen molar-refractivity contribution < 1.29 is 9.53 Å². The summed E-state index contributed by atoms with van der Waals surface area (Å²) in [5, 5.41) is 2.89. The van der Waals surface area contributed by atoms with Gasteiger partial charge in [0.2, 0.25) is 0 Å². The maximum absolute atomic E-state index is 12.4. The number of hydrogen-bond acceptors (Lipinski definition) is 3. The Bertz CT molecular complexity index is 668. The van der Waals surface area contributed by atoms with Gasteiger partial charge in [0.25, 0.3) is 5.91 Å². The minimum absolute atomic E-state index is 0.169. The molecule has 0 aliphatic heterocycles. The number of hydrogen-bond donors (Lipinski definition) is 2. The van der Waals surface area contributed by atoms with Gasteiger partial charge in [0.1, 0.15) is 5.75 Å². The lowest BCUT2D eigenvalue weighted by Crippen LogP contribution is -2.32. The number of nitrogens with one attached hydrogen (secondary N) is 1. The number of nitrogen functional groups attached to an aromatic ring is 1. The van der Waals surface area contributed by atoms with Crippen LogP contribution in [0.25, 0.3) is 0 Å². The Labute approximate surface area is 131 Å². The van der Waals surface area contributed by atoms with Crippen LogP contribution in [0.4, 0.5) is 11.4 Å². The highest BCUT2D eigenvalue weighted by Gasteiger charge is 2.19. The van der Waals surface area contributed by atoms with Crippen molar-refractivity contribution in [2.45, 2.75) is 33.3 Å². The monoisotopic (exact) mass is 298 g/mol. The molecule has 0 bridgehead atoms. The second kappa shape index (κ2) is 6.98. The van der Waals surface area contributed by atoms with Crippen LogP contribution in [0.5, 0.6) is 5.75 Å². The first-order chi connectivity index (χ1) is 10.5. The molecule has 1 amide bonds. The van der Waals surface area contributed by atoms with Crippen molar-refractivity contribution in [1.29, 1.82) is 0 Å². The van der Waals surface area contributed by atoms with E-state index in [1.807, 2.05) is 63.2 Å². The Morgan fingerprint density at radius 1 is 1.23 bits per heavy atom. The van der Waals surface area contributed by atoms with Crippen LogP contribution in [0, 0.1) is 13.8 Å². The number of ether oxygens (including phenoxy) is 1. The highest BCUT2D eigenvalue weighted by molar-refractivity contribution is 5.95. The van der Waals surface area contributed by atoms with Crippen LogP contribution in [0.2, 0.25) is 0 Å². The lowest BCUT2D eigenvalue weighted by atomic mass is 10.1. The summed E-state index contributed by atoms with van der Waals surface area (Å²) in [5.74, 6) is 0.531. The van der Waals surface area contributed by atoms with Gasteiger partial charge < -0.3 is 15.8 Å². The van der Waals surface area contributed by atoms with Crippen LogP contribution in [-0.4, -0.2) is 12.0 Å². The second-order valence-corrected chi connectivity index (χ2v) is 5.34. The fourth-order valence-corrected chi connectivity index (χ4v) is 2.18. The molecule has 0 aromatic heterocycles. The second-order valence-electron chi connectivity index (χ2n) is 5.34. The molecule has 0 radical (unpaired) electrons. The van der Waals surface area contributed by atoms with E-state index in [0.717, 1.165) is 16.8 Å². The van der Waals surface area contributed by atoms with Gasteiger partial charge in [0, 0.05) is 11.4 Å². The predicted octanol–water partition coefficient (Wildman–Crippen LogP) is 3.68. The quantitative estimate of drug-likeness (QED) is 0.828. The predicted molar refractivity (Wildman–Crippen MR) is 90.1 cm³/mol. The molecule has 4 nitrogen and oxygen atoms in total. The molecule has 0 heterocycles. The first-order valence-corrected chi connectivity index (χ1v) is 7.40. The van der Waals surface area contributed by atoms with Gasteiger partial charge in [-0.25, -0.2) is 0 Å². The number of amides is 1. The molecular formula is C18H22N2O2. The molecular weight excluding hydrogens is 276 g/mol. The van der Waals surface area contributed by atoms with Crippen molar-refractivity contribution in [3.8, 4) is 5.75 Å². The zero-order valence-corrected chi connectivity index (χ0v) is 13.2. The van der Waals surface area contributed by atoms with Crippen LogP contribution in [0.15, 0.2) is 42.5 Å². The molecule has 0 spiro atoms. The van der Waals surface area contributed by atoms with E-state index in [9.17, 15) is 4.79 Å². The molecule has 0 aliphatic carbocycles. The van der Waals surface area contributed by atoms with Crippen LogP contribution >= 0.6 is 0 Å². The molecule has 0 unspecified atom stereocenters. The molecule has 0 fully saturated rings. The standard InChI is InChI=1S/C18H22N2O2/c1-4-17(22-14-8-5-7-12(2)11-14)18(21)20-16-10-6-9-15(19)13(16)3/h5-11,17H,4,19H2,1-3H3,(H,20,21)/t17-/m0/s1. The zero-order chi connectivity index (χ0) is 16.1. The normalized spacial score (nSPS) is 11.8. The number of anilines is 2. The fraction of sp³-hybridized carbons (Fsp3) is 0.278. The Morgan fingerprint density at radius 3 is 2.64 bits per heavy atom. The Morgan fingerprint density at radius 2 is 1.95 bits per heavy atom. The summed E-state index contributed by atoms with van der Waals surface area (Å²) in [4.78, 5) is 12.4. The van der Waals surface area contributed by atoms with Crippen molar-refractivity contribution in [3.63, 3.8) is 0 Å². The minimum atomic E-state index is -0.539. The number of carbonyl (C=O) groups excluding carboxylic acids is 1. The molecule has 22 heavy (non-hydrogen) atoms. The largest absolute Gasteiger partial charge is 0.481 e. The van der Waals surface area contributed by atoms with Crippen LogP contribution < -0.4 is 15.8 Å². The first kappa shape index (κ1) is 15.9. The van der Waals surface area contributed by atoms with Gasteiger partial charge in [0.05, 0.1) is 0 Å². The molecule has 2 aromatic carbocycles. The maximum atomic E-state index is 12.4. The molecule has 2 rings (SSSR count). The third kappa shape index (κ3) is 3.79. The van der Waals surface area contributed by atoms with E-state index in [-0.39, 0.29) is 5.91 Å². The fourth-order valence-electron chi connectivity index (χ4n) is 2.18. The number of aryl methyl sites for hydroxylation is 1. The third-order valence-electron chi connectivity index (χ3n) is 3.56. The van der Waals surface area contributed by atoms with Crippen molar-refractivity contribution in [1.82, 2.24) is 0 Å². The molecule has 4 heteroatoms. The number of carbonyl (C=O) groups is 1. The summed E-state index contributed by atoms with van der Waals surface area (Å²) in [5.41, 5.74) is 9.20. The van der Waals surface area contributed by atoms with Gasteiger partial charge >= 0.3 is 0 Å². The Hall–Kier alpha value is -2.49. The van der Waals surface area contributed by atoms with E-state index in [4.69, 9.17) is 10.5 Å². The van der Waals surface area contributed by atoms with Gasteiger partial charge in [-0.2, -0.15) is 0 Å². The van der Waals surface area contributed by atoms with E-state index in [1.165, 1.54) is 0 Å². The SMILES string of the molecule is CC[C@H](Oc1cccc(C)c1)C(=O)Nc1cccc(N)c1C. The maximum Gasteiger partial charge on any atom is 0.265 e. The van der Waals surface area contributed by atoms with Crippen molar-refractivity contribution in [2.24, 2.45) is 0 Å². The topological polar surface area (TPSA) is 64.3 Å². The summed E-state index contributed by atoms with van der Waals surface area (Å²) in [7, 11) is 0. The zero-order valence-electron chi connectivity index (χ0n) is 13.2. The van der Waals surface area contributed by atoms with Crippen LogP contribution in [0.1, 0.15) is 24.5 Å². The molecule has 2 aromatic rings. The molecule has 0 saturated carbocycles. The van der Waals surface area contributed by atoms with Gasteiger partial charge in [-0.3, -0.25) is 4.79 Å². The van der Waals surface area contributed by atoms with Crippen molar-refractivity contribution >= 4 is 17.3 Å². The Kier molecular flexibility index (Phi) is 5.04. The highest BCUT2D eigenvalue weighted by Crippen LogP contribution is 2.22. The van der Waals surface area contributed by atoms with Crippen LogP contribution in [-0.2, 0) is 4.79 Å². The Balaban J connectivity index is 2.10. The molecule has 116 valence electrons. The summed E-state index contributed by atoms with van der Waals surface area (Å²) < 4.78 is 5.81. The van der Waals surface area contributed by atoms with Gasteiger partial charge in [-0.05, 0) is 55.7 Å². The van der Waals surface area contributed by atoms with Gasteiger partial charge in [-0.15, -0.1) is 0 Å². The smallest absolute Gasteiger partial charge is 0.265 e. The molecule has 3 N–H and O–H groups in total. The van der Waals surface area contributed by atoms with E-state index in [0.29, 0.717) is 17.9 Å². The van der Waals surface area contributed by atoms with E-state index in [1.54, 1.807) is 0 Å². The van der Waals surface area contributed by atoms with E-state index < -0.39 is 6.10 Å². The summed E-state index contributed by atoms with van der Waals surface area (Å²) in [6.45, 7) is 5.80. The van der Waals surface area contributed by atoms with Gasteiger partial charge in [0.15, 0.2) is 6.10 Å². The van der Waals surface area contributed by atoms with E-state index >= 15 is 0 Å².